The van der Waals surface area contributed by atoms with E-state index >= 15 is 0 Å². The van der Waals surface area contributed by atoms with Gasteiger partial charge in [0, 0.05) is 0 Å². The summed E-state index contributed by atoms with van der Waals surface area (Å²) in [5.41, 5.74) is 0. The molecule has 5 heteroatoms. The molecule has 36 heavy (non-hydrogen) atoms. The molecule has 0 heterocycles. The normalized spacial score (nSPS) is 10.5. The quantitative estimate of drug-likeness (QED) is 0.130. The molecule has 5 aromatic carbocycles. The van der Waals surface area contributed by atoms with Crippen LogP contribution in [0.15, 0.2) is 152 Å². The largest absolute Gasteiger partial charge is 0.102 e. The zero-order valence-electron chi connectivity index (χ0n) is 19.7. The van der Waals surface area contributed by atoms with Gasteiger partial charge in [0.15, 0.2) is 0 Å². The van der Waals surface area contributed by atoms with Crippen molar-refractivity contribution >= 4 is 69.3 Å². The number of hydrogen-bond acceptors (Lipinski definition) is 1. The van der Waals surface area contributed by atoms with Crippen LogP contribution in [0.2, 0.25) is 0 Å². The van der Waals surface area contributed by atoms with Gasteiger partial charge in [-0.1, -0.05) is 115 Å². The fourth-order valence-electron chi connectivity index (χ4n) is 3.80. The molecule has 5 aromatic rings. The molecule has 0 bridgehead atoms. The molecule has 0 saturated carbocycles. The molecule has 0 aliphatic carbocycles. The minimum absolute atomic E-state index is 0.877. The Kier molecular flexibility index (Phi) is 12.1. The zero-order chi connectivity index (χ0) is 25.6. The van der Waals surface area contributed by atoms with Crippen molar-refractivity contribution in [3.63, 3.8) is 0 Å². The van der Waals surface area contributed by atoms with Crippen LogP contribution in [0, 0.1) is 0 Å². The van der Waals surface area contributed by atoms with Crippen LogP contribution in [-0.2, 0) is 26.8 Å². The Morgan fingerprint density at radius 2 is 0.694 bits per heavy atom. The Hall–Kier alpha value is -2.04. The Morgan fingerprint density at radius 1 is 0.472 bits per heavy atom. The average molecular weight is 589 g/mol. The van der Waals surface area contributed by atoms with E-state index in [0.29, 0.717) is 0 Å². The van der Waals surface area contributed by atoms with Crippen LogP contribution in [-0.4, -0.2) is 6.30 Å². The number of halogens is 1. The van der Waals surface area contributed by atoms with Crippen LogP contribution < -0.4 is 26.5 Å². The van der Waals surface area contributed by atoms with Crippen molar-refractivity contribution in [2.24, 2.45) is 0 Å². The molecule has 0 nitrogen and oxygen atoms in total. The predicted molar refractivity (Wildman–Crippen MR) is 166 cm³/mol. The third-order valence-corrected chi connectivity index (χ3v) is 11.8. The summed E-state index contributed by atoms with van der Waals surface area (Å²) in [5, 5.41) is 6.65. The van der Waals surface area contributed by atoms with Crippen LogP contribution in [0.3, 0.4) is 0 Å². The predicted octanol–water partition coefficient (Wildman–Crippen LogP) is 6.41. The van der Waals surface area contributed by atoms with Gasteiger partial charge >= 0.3 is 24.8 Å². The monoisotopic (exact) mass is 587 g/mol. The number of rotatable bonds is 5. The summed E-state index contributed by atoms with van der Waals surface area (Å²) in [4.78, 5) is 0. The van der Waals surface area contributed by atoms with E-state index in [2.05, 4.69) is 146 Å². The second-order valence-corrected chi connectivity index (χ2v) is 14.7. The summed E-state index contributed by atoms with van der Waals surface area (Å²) in [6.45, 7) is 0. The third kappa shape index (κ3) is 7.98. The summed E-state index contributed by atoms with van der Waals surface area (Å²) in [6.07, 6.45) is 2.42. The molecule has 0 aliphatic rings. The fourth-order valence-corrected chi connectivity index (χ4v) is 8.71. The minimum Gasteiger partial charge on any atom is -0.0620 e. The van der Waals surface area contributed by atoms with E-state index in [1.807, 2.05) is 36.4 Å². The molecule has 0 radical (unpaired) electrons. The van der Waals surface area contributed by atoms with E-state index in [9.17, 15) is 0 Å². The van der Waals surface area contributed by atoms with Gasteiger partial charge in [-0.2, -0.15) is 6.09 Å². The molecule has 0 amide bonds. The van der Waals surface area contributed by atoms with Crippen LogP contribution in [0.5, 0.6) is 0 Å². The standard InChI is InChI=1S/C18H15P.C13H12PS.ClH.Ni/c1-4-10-16(11-5-1)19(17-12-6-2-7-13-17)18-14-8-3-9-15-18;1-14(15,12-8-4-2-5-9-12)13-10-6-3-7-11-13;;/h1-15H;2-11H,1H2;1H;/q;-1;;+1. The van der Waals surface area contributed by atoms with Crippen LogP contribution >= 0.6 is 24.2 Å². The Bertz CT molecular complexity index is 1180. The van der Waals surface area contributed by atoms with Crippen molar-refractivity contribution < 1.29 is 14.6 Å². The molecule has 0 unspecified atom stereocenters. The van der Waals surface area contributed by atoms with Gasteiger partial charge in [0.05, 0.1) is 7.92 Å². The van der Waals surface area contributed by atoms with Crippen molar-refractivity contribution in [2.75, 3.05) is 0 Å². The maximum absolute atomic E-state index is 5.68. The van der Waals surface area contributed by atoms with Crippen LogP contribution in [0.25, 0.3) is 0 Å². The number of benzene rings is 5. The maximum atomic E-state index is 5.68. The van der Waals surface area contributed by atoms with Crippen molar-refractivity contribution in [1.29, 1.82) is 0 Å². The van der Waals surface area contributed by atoms with Gasteiger partial charge in [0.1, 0.15) is 15.9 Å². The summed E-state index contributed by atoms with van der Waals surface area (Å²) in [6, 6.07) is 52.9. The Balaban J connectivity index is 0.000000193. The zero-order valence-corrected chi connectivity index (χ0v) is 24.1. The van der Waals surface area contributed by atoms with E-state index < -0.39 is 14.0 Å². The second kappa shape index (κ2) is 15.3. The van der Waals surface area contributed by atoms with Crippen LogP contribution in [0.1, 0.15) is 0 Å². The fraction of sp³-hybridized carbons (Fsp3) is 0. The van der Waals surface area contributed by atoms with Gasteiger partial charge < -0.3 is 12.2 Å². The Morgan fingerprint density at radius 3 is 0.944 bits per heavy atom. The van der Waals surface area contributed by atoms with Crippen molar-refractivity contribution in [1.82, 2.24) is 0 Å². The molecular weight excluding hydrogens is 561 g/mol. The van der Waals surface area contributed by atoms with E-state index in [0.717, 1.165) is 0 Å². The van der Waals surface area contributed by atoms with Crippen molar-refractivity contribution in [2.45, 2.75) is 0 Å². The van der Waals surface area contributed by atoms with E-state index in [-0.39, 0.29) is 0 Å². The molecule has 0 fully saturated rings. The van der Waals surface area contributed by atoms with Gasteiger partial charge in [0.25, 0.3) is 0 Å². The third-order valence-electron chi connectivity index (χ3n) is 5.53. The molecule has 0 N–H and O–H groups in total. The van der Waals surface area contributed by atoms with E-state index in [1.54, 1.807) is 0 Å². The second-order valence-electron chi connectivity index (χ2n) is 7.88. The smallest absolute Gasteiger partial charge is 0.0620 e. The van der Waals surface area contributed by atoms with Gasteiger partial charge in [-0.3, -0.25) is 0 Å². The topological polar surface area (TPSA) is 0 Å². The summed E-state index contributed by atoms with van der Waals surface area (Å²) in [7, 11) is 3.39. The molecular formula is C31H28ClNiP2S. The molecule has 0 spiro atoms. The Labute approximate surface area is 234 Å². The van der Waals surface area contributed by atoms with Gasteiger partial charge in [-0.05, 0) is 47.0 Å². The first-order valence-corrected chi connectivity index (χ1v) is 17.2. The molecule has 5 rings (SSSR count). The minimum atomic E-state index is -1.81. The van der Waals surface area contributed by atoms with Crippen molar-refractivity contribution in [3.8, 4) is 0 Å². The van der Waals surface area contributed by atoms with E-state index in [1.165, 1.54) is 26.5 Å². The van der Waals surface area contributed by atoms with E-state index in [4.69, 9.17) is 12.2 Å². The first-order chi connectivity index (χ1) is 17.7. The first-order valence-electron chi connectivity index (χ1n) is 11.4. The average Bonchev–Trinajstić information content (AvgIpc) is 2.97. The van der Waals surface area contributed by atoms with Gasteiger partial charge in [-0.25, -0.2) is 0 Å². The maximum Gasteiger partial charge on any atom is 0.102 e. The summed E-state index contributed by atoms with van der Waals surface area (Å²) < 4.78 is 0. The molecule has 0 atom stereocenters. The molecule has 0 aliphatic heterocycles. The first kappa shape index (κ1) is 28.5. The molecule has 0 saturated heterocycles. The molecule has 0 aromatic heterocycles. The SMILES string of the molecule is C=P([S-])(c1ccccc1)c1ccccc1.[Cl][Ni].c1ccc([PH+](c2ccccc2)c2ccccc2)cc1. The number of hydrogen-bond donors (Lipinski definition) is 0. The molecule has 185 valence electrons. The van der Waals surface area contributed by atoms with Gasteiger partial charge in [0.2, 0.25) is 0 Å². The van der Waals surface area contributed by atoms with Crippen LogP contribution in [0.4, 0.5) is 0 Å². The summed E-state index contributed by atoms with van der Waals surface area (Å²) in [5.74, 6) is 0. The van der Waals surface area contributed by atoms with Gasteiger partial charge in [-0.15, -0.1) is 6.30 Å². The van der Waals surface area contributed by atoms with Crippen molar-refractivity contribution in [3.05, 3.63) is 152 Å². The summed E-state index contributed by atoms with van der Waals surface area (Å²) >= 11 is 9.02.